The first kappa shape index (κ1) is 23.2. The lowest BCUT2D eigenvalue weighted by molar-refractivity contribution is -0.165. The van der Waals surface area contributed by atoms with Gasteiger partial charge in [0.15, 0.2) is 0 Å². The second-order valence-electron chi connectivity index (χ2n) is 6.32. The third-order valence-electron chi connectivity index (χ3n) is 4.05. The molecule has 0 spiro atoms. The number of alkyl halides is 4. The fourth-order valence-electron chi connectivity index (χ4n) is 2.54. The van der Waals surface area contributed by atoms with E-state index in [1.54, 1.807) is 6.07 Å². The molecule has 1 atom stereocenters. The molecule has 26 heavy (non-hydrogen) atoms. The first-order chi connectivity index (χ1) is 12.3. The van der Waals surface area contributed by atoms with Gasteiger partial charge >= 0.3 is 6.18 Å². The van der Waals surface area contributed by atoms with Gasteiger partial charge in [0.05, 0.1) is 4.88 Å². The second-order valence-corrected chi connectivity index (χ2v) is 8.55. The van der Waals surface area contributed by atoms with Crippen LogP contribution in [0.2, 0.25) is 0 Å². The molecule has 1 rings (SSSR count). The number of rotatable bonds is 12. The topological polar surface area (TPSA) is 37.3 Å². The van der Waals surface area contributed by atoms with Crippen LogP contribution in [0.5, 0.6) is 0 Å². The summed E-state index contributed by atoms with van der Waals surface area (Å²) in [5.41, 5.74) is 0. The van der Waals surface area contributed by atoms with E-state index in [0.29, 0.717) is 0 Å². The molecule has 148 valence electrons. The van der Waals surface area contributed by atoms with Gasteiger partial charge in [-0.2, -0.15) is 13.2 Å². The molecule has 0 saturated heterocycles. The number of unbranched alkanes of at least 4 members (excludes halogenated alkanes) is 7. The molecule has 0 bridgehead atoms. The van der Waals surface area contributed by atoms with Gasteiger partial charge in [-0.05, 0) is 18.6 Å². The zero-order valence-corrected chi connectivity index (χ0v) is 17.4. The van der Waals surface area contributed by atoms with Crippen molar-refractivity contribution < 1.29 is 23.1 Å². The number of aliphatic hydroxyl groups excluding tert-OH is 1. The third kappa shape index (κ3) is 8.71. The summed E-state index contributed by atoms with van der Waals surface area (Å²) in [5, 5.41) is 9.72. The first-order valence-electron chi connectivity index (χ1n) is 9.01. The zero-order valence-electron chi connectivity index (χ0n) is 14.9. The predicted octanol–water partition coefficient (Wildman–Crippen LogP) is 7.75. The Morgan fingerprint density at radius 2 is 1.73 bits per heavy atom. The van der Waals surface area contributed by atoms with Crippen molar-refractivity contribution in [2.45, 2.75) is 75.7 Å². The normalized spacial score (nSPS) is 13.8. The van der Waals surface area contributed by atoms with E-state index in [2.05, 4.69) is 22.9 Å². The predicted molar refractivity (Wildman–Crippen MR) is 105 cm³/mol. The molecule has 0 radical (unpaired) electrons. The molecule has 1 N–H and O–H groups in total. The number of hydrogen-bond acceptors (Lipinski definition) is 3. The number of allylic oxidation sites excluding steroid dienone is 1. The zero-order chi connectivity index (χ0) is 19.6. The number of thiophene rings is 1. The monoisotopic (exact) mass is 454 g/mol. The molecule has 1 aromatic heterocycles. The number of carbonyl (C=O) groups is 1. The molecular formula is C19H26BrF3O2S. The van der Waals surface area contributed by atoms with Gasteiger partial charge in [-0.3, -0.25) is 4.79 Å². The maximum atomic E-state index is 12.2. The van der Waals surface area contributed by atoms with E-state index >= 15 is 0 Å². The summed E-state index contributed by atoms with van der Waals surface area (Å²) in [6, 6.07) is 3.31. The van der Waals surface area contributed by atoms with E-state index < -0.39 is 17.7 Å². The van der Waals surface area contributed by atoms with Crippen LogP contribution in [-0.2, 0) is 4.79 Å². The van der Waals surface area contributed by atoms with E-state index in [1.165, 1.54) is 55.9 Å². The lowest BCUT2D eigenvalue weighted by atomic mass is 10.1. The molecule has 0 amide bonds. The maximum absolute atomic E-state index is 12.2. The van der Waals surface area contributed by atoms with E-state index in [0.717, 1.165) is 24.1 Å². The number of aliphatic hydroxyl groups is 1. The van der Waals surface area contributed by atoms with Crippen LogP contribution in [0.15, 0.2) is 18.2 Å². The number of ketones is 1. The minimum Gasteiger partial charge on any atom is -0.506 e. The Labute approximate surface area is 165 Å². The number of halogens is 4. The summed E-state index contributed by atoms with van der Waals surface area (Å²) < 4.78 is 36.7. The molecular weight excluding hydrogens is 429 g/mol. The summed E-state index contributed by atoms with van der Waals surface area (Å²) >= 11 is 4.79. The van der Waals surface area contributed by atoms with E-state index in [-0.39, 0.29) is 15.8 Å². The van der Waals surface area contributed by atoms with Crippen molar-refractivity contribution in [3.63, 3.8) is 0 Å². The van der Waals surface area contributed by atoms with Gasteiger partial charge in [-0.1, -0.05) is 74.2 Å². The van der Waals surface area contributed by atoms with E-state index in [4.69, 9.17) is 0 Å². The molecule has 0 fully saturated rings. The van der Waals surface area contributed by atoms with E-state index in [1.807, 2.05) is 0 Å². The highest BCUT2D eigenvalue weighted by molar-refractivity contribution is 9.09. The lowest BCUT2D eigenvalue weighted by Gasteiger charge is -2.07. The fourth-order valence-corrected chi connectivity index (χ4v) is 4.23. The van der Waals surface area contributed by atoms with Crippen molar-refractivity contribution in [2.75, 3.05) is 0 Å². The Hall–Kier alpha value is -0.820. The largest absolute Gasteiger partial charge is 0.506 e. The molecule has 0 aliphatic rings. The molecule has 0 aliphatic heterocycles. The van der Waals surface area contributed by atoms with Gasteiger partial charge in [0.2, 0.25) is 0 Å². The second kappa shape index (κ2) is 11.8. The fraction of sp³-hybridized carbons (Fsp3) is 0.632. The van der Waals surface area contributed by atoms with E-state index in [9.17, 15) is 23.1 Å². The first-order valence-corrected chi connectivity index (χ1v) is 10.7. The summed E-state index contributed by atoms with van der Waals surface area (Å²) in [6.45, 7) is 2.20. The quantitative estimate of drug-likeness (QED) is 0.151. The van der Waals surface area contributed by atoms with Crippen LogP contribution >= 0.6 is 27.3 Å². The summed E-state index contributed by atoms with van der Waals surface area (Å²) in [6.07, 6.45) is 6.09. The van der Waals surface area contributed by atoms with Crippen molar-refractivity contribution >= 4 is 38.8 Å². The van der Waals surface area contributed by atoms with Crippen molar-refractivity contribution in [1.82, 2.24) is 0 Å². The molecule has 1 unspecified atom stereocenters. The molecule has 0 aromatic carbocycles. The van der Waals surface area contributed by atoms with Gasteiger partial charge in [0, 0.05) is 15.8 Å². The highest BCUT2D eigenvalue weighted by Gasteiger charge is 2.37. The average Bonchev–Trinajstić information content (AvgIpc) is 3.06. The lowest BCUT2D eigenvalue weighted by Crippen LogP contribution is -2.20. The van der Waals surface area contributed by atoms with Crippen molar-refractivity contribution in [2.24, 2.45) is 0 Å². The average molecular weight is 455 g/mol. The van der Waals surface area contributed by atoms with Crippen LogP contribution in [0.25, 0.3) is 5.76 Å². The Kier molecular flexibility index (Phi) is 10.5. The number of carbonyl (C=O) groups excluding carboxylic acids is 1. The van der Waals surface area contributed by atoms with Crippen LogP contribution in [0, 0.1) is 0 Å². The maximum Gasteiger partial charge on any atom is 0.454 e. The van der Waals surface area contributed by atoms with Crippen LogP contribution < -0.4 is 0 Å². The van der Waals surface area contributed by atoms with Crippen LogP contribution in [0.4, 0.5) is 13.2 Å². The van der Waals surface area contributed by atoms with Crippen molar-refractivity contribution in [3.05, 3.63) is 28.0 Å². The molecule has 1 aromatic rings. The molecule has 0 saturated carbocycles. The Balaban J connectivity index is 2.39. The van der Waals surface area contributed by atoms with Crippen molar-refractivity contribution in [1.29, 1.82) is 0 Å². The Morgan fingerprint density at radius 1 is 1.15 bits per heavy atom. The Morgan fingerprint density at radius 3 is 2.31 bits per heavy atom. The molecule has 1 heterocycles. The molecule has 0 aliphatic carbocycles. The van der Waals surface area contributed by atoms with Crippen LogP contribution in [0.1, 0.15) is 79.3 Å². The minimum absolute atomic E-state index is 0.104. The summed E-state index contributed by atoms with van der Waals surface area (Å²) in [4.78, 5) is 12.2. The summed E-state index contributed by atoms with van der Waals surface area (Å²) in [7, 11) is 0. The number of hydrogen-bond donors (Lipinski definition) is 1. The smallest absolute Gasteiger partial charge is 0.454 e. The van der Waals surface area contributed by atoms with Gasteiger partial charge in [-0.25, -0.2) is 0 Å². The molecule has 7 heteroatoms. The van der Waals surface area contributed by atoms with Gasteiger partial charge in [0.25, 0.3) is 5.78 Å². The van der Waals surface area contributed by atoms with Crippen molar-refractivity contribution in [3.8, 4) is 0 Å². The Bertz CT molecular complexity index is 582. The highest BCUT2D eigenvalue weighted by atomic mass is 79.9. The van der Waals surface area contributed by atoms with Gasteiger partial charge in [0.1, 0.15) is 5.76 Å². The van der Waals surface area contributed by atoms with Crippen LogP contribution in [-0.4, -0.2) is 17.1 Å². The van der Waals surface area contributed by atoms with Gasteiger partial charge in [-0.15, -0.1) is 11.3 Å². The molecule has 2 nitrogen and oxygen atoms in total. The van der Waals surface area contributed by atoms with Gasteiger partial charge < -0.3 is 5.11 Å². The summed E-state index contributed by atoms with van der Waals surface area (Å²) in [5.74, 6) is -2.70. The third-order valence-corrected chi connectivity index (χ3v) is 6.52. The highest BCUT2D eigenvalue weighted by Crippen LogP contribution is 2.35. The SMILES string of the molecule is CCCCCCCCCCC(Br)c1ccc(/C(O)=C/C(=O)C(F)(F)F)s1. The standard InChI is InChI=1S/C19H26BrF3O2S/c1-2-3-4-5-6-7-8-9-10-14(20)16-11-12-17(26-16)15(24)13-18(25)19(21,22)23/h11-14,24H,2-10H2,1H3/b15-13-. The minimum atomic E-state index is -4.97. The van der Waals surface area contributed by atoms with Crippen LogP contribution in [0.3, 0.4) is 0 Å².